The van der Waals surface area contributed by atoms with Gasteiger partial charge in [0.1, 0.15) is 0 Å². The molecule has 3 aromatic carbocycles. The summed E-state index contributed by atoms with van der Waals surface area (Å²) >= 11 is 5.98. The molecule has 1 heterocycles. The Morgan fingerprint density at radius 3 is 2.35 bits per heavy atom. The van der Waals surface area contributed by atoms with Crippen molar-refractivity contribution in [3.05, 3.63) is 94.5 Å². The van der Waals surface area contributed by atoms with E-state index in [1.807, 2.05) is 47.4 Å². The molecule has 0 aromatic heterocycles. The maximum absolute atomic E-state index is 13.6. The van der Waals surface area contributed by atoms with Crippen molar-refractivity contribution >= 4 is 40.7 Å². The van der Waals surface area contributed by atoms with Gasteiger partial charge >= 0.3 is 0 Å². The first-order chi connectivity index (χ1) is 17.8. The lowest BCUT2D eigenvalue weighted by Crippen LogP contribution is -2.36. The largest absolute Gasteiger partial charge is 0.369 e. The second-order valence-electron chi connectivity index (χ2n) is 9.20. The molecular weight excluding hydrogens is 488 g/mol. The maximum atomic E-state index is 13.6. The summed E-state index contributed by atoms with van der Waals surface area (Å²) < 4.78 is 0. The number of hydrogen-bond acceptors (Lipinski definition) is 4. The van der Waals surface area contributed by atoms with Gasteiger partial charge in [-0.05, 0) is 54.4 Å². The molecule has 8 heteroatoms. The van der Waals surface area contributed by atoms with Crippen LogP contribution in [0, 0.1) is 0 Å². The SMILES string of the molecule is CC(=O)Nc1ccc(N2CCCN(C(=O)c3ccc(Cl)cc3)CC2)c(C(=O)N(C)Cc2ccccc2)c1. The Hall–Kier alpha value is -3.84. The number of anilines is 2. The lowest BCUT2D eigenvalue weighted by molar-refractivity contribution is -0.114. The Balaban J connectivity index is 1.56. The Morgan fingerprint density at radius 1 is 0.919 bits per heavy atom. The summed E-state index contributed by atoms with van der Waals surface area (Å²) in [6.07, 6.45) is 0.764. The first-order valence-corrected chi connectivity index (χ1v) is 12.7. The second kappa shape index (κ2) is 11.9. The van der Waals surface area contributed by atoms with Gasteiger partial charge in [0.25, 0.3) is 11.8 Å². The van der Waals surface area contributed by atoms with Crippen molar-refractivity contribution in [2.75, 3.05) is 43.4 Å². The van der Waals surface area contributed by atoms with E-state index < -0.39 is 0 Å². The average molecular weight is 519 g/mol. The standard InChI is InChI=1S/C29H31ClN4O3/c1-21(35)31-25-13-14-27(26(19-25)29(37)32(2)20-22-7-4-3-5-8-22)33-15-6-16-34(18-17-33)28(36)23-9-11-24(30)12-10-23/h3-5,7-14,19H,6,15-18,20H2,1-2H3,(H,31,35). The fraction of sp³-hybridized carbons (Fsp3) is 0.276. The van der Waals surface area contributed by atoms with Crippen molar-refractivity contribution in [1.29, 1.82) is 0 Å². The molecule has 0 saturated carbocycles. The van der Waals surface area contributed by atoms with Crippen LogP contribution in [0.15, 0.2) is 72.8 Å². The molecule has 0 atom stereocenters. The minimum absolute atomic E-state index is 0.0292. The first-order valence-electron chi connectivity index (χ1n) is 12.3. The molecule has 1 aliphatic rings. The number of amides is 3. The van der Waals surface area contributed by atoms with Crippen molar-refractivity contribution in [2.45, 2.75) is 19.9 Å². The first kappa shape index (κ1) is 26.2. The summed E-state index contributed by atoms with van der Waals surface area (Å²) in [5, 5.41) is 3.38. The Morgan fingerprint density at radius 2 is 1.65 bits per heavy atom. The third kappa shape index (κ3) is 6.68. The molecule has 0 spiro atoms. The lowest BCUT2D eigenvalue weighted by atomic mass is 10.1. The Kier molecular flexibility index (Phi) is 8.46. The topological polar surface area (TPSA) is 73.0 Å². The number of nitrogens with one attached hydrogen (secondary N) is 1. The molecule has 37 heavy (non-hydrogen) atoms. The zero-order chi connectivity index (χ0) is 26.4. The van der Waals surface area contributed by atoms with E-state index in [-0.39, 0.29) is 17.7 Å². The van der Waals surface area contributed by atoms with E-state index in [0.717, 1.165) is 17.7 Å². The predicted molar refractivity (Wildman–Crippen MR) is 147 cm³/mol. The average Bonchev–Trinajstić information content (AvgIpc) is 3.15. The highest BCUT2D eigenvalue weighted by molar-refractivity contribution is 6.30. The number of benzene rings is 3. The van der Waals surface area contributed by atoms with Gasteiger partial charge in [-0.3, -0.25) is 14.4 Å². The highest BCUT2D eigenvalue weighted by Crippen LogP contribution is 2.28. The van der Waals surface area contributed by atoms with Crippen LogP contribution >= 0.6 is 11.6 Å². The van der Waals surface area contributed by atoms with Crippen molar-refractivity contribution in [3.63, 3.8) is 0 Å². The highest BCUT2D eigenvalue weighted by Gasteiger charge is 2.25. The van der Waals surface area contributed by atoms with Crippen LogP contribution < -0.4 is 10.2 Å². The summed E-state index contributed by atoms with van der Waals surface area (Å²) in [4.78, 5) is 44.0. The van der Waals surface area contributed by atoms with E-state index >= 15 is 0 Å². The monoisotopic (exact) mass is 518 g/mol. The van der Waals surface area contributed by atoms with E-state index in [9.17, 15) is 14.4 Å². The third-order valence-corrected chi connectivity index (χ3v) is 6.62. The zero-order valence-corrected chi connectivity index (χ0v) is 21.9. The maximum Gasteiger partial charge on any atom is 0.256 e. The molecule has 3 aromatic rings. The number of nitrogens with zero attached hydrogens (tertiary/aromatic N) is 3. The van der Waals surface area contributed by atoms with Crippen LogP contribution in [0.5, 0.6) is 0 Å². The molecule has 1 fully saturated rings. The summed E-state index contributed by atoms with van der Waals surface area (Å²) in [6.45, 7) is 4.35. The number of hydrogen-bond donors (Lipinski definition) is 1. The number of rotatable bonds is 6. The van der Waals surface area contributed by atoms with Crippen molar-refractivity contribution in [3.8, 4) is 0 Å². The van der Waals surface area contributed by atoms with Gasteiger partial charge in [0, 0.05) is 68.7 Å². The lowest BCUT2D eigenvalue weighted by Gasteiger charge is -2.28. The van der Waals surface area contributed by atoms with Crippen molar-refractivity contribution in [2.24, 2.45) is 0 Å². The van der Waals surface area contributed by atoms with Gasteiger partial charge in [-0.25, -0.2) is 0 Å². The summed E-state index contributed by atoms with van der Waals surface area (Å²) in [5.74, 6) is -0.363. The highest BCUT2D eigenvalue weighted by atomic mass is 35.5. The number of carbonyl (C=O) groups is 3. The molecule has 1 aliphatic heterocycles. The van der Waals surface area contributed by atoms with E-state index in [4.69, 9.17) is 11.6 Å². The van der Waals surface area contributed by atoms with Crippen LogP contribution in [-0.2, 0) is 11.3 Å². The Bertz CT molecular complexity index is 1260. The Labute approximate surface area is 222 Å². The van der Waals surface area contributed by atoms with Crippen LogP contribution in [0.3, 0.4) is 0 Å². The van der Waals surface area contributed by atoms with Crippen LogP contribution in [-0.4, -0.2) is 60.7 Å². The second-order valence-corrected chi connectivity index (χ2v) is 9.64. The summed E-state index contributed by atoms with van der Waals surface area (Å²) in [6, 6.07) is 22.2. The third-order valence-electron chi connectivity index (χ3n) is 6.37. The minimum atomic E-state index is -0.199. The molecule has 0 aliphatic carbocycles. The van der Waals surface area contributed by atoms with Crippen LogP contribution in [0.2, 0.25) is 5.02 Å². The van der Waals surface area contributed by atoms with Gasteiger partial charge in [-0.1, -0.05) is 41.9 Å². The van der Waals surface area contributed by atoms with E-state index in [1.165, 1.54) is 6.92 Å². The molecule has 1 N–H and O–H groups in total. The van der Waals surface area contributed by atoms with Crippen LogP contribution in [0.1, 0.15) is 39.6 Å². The molecule has 1 saturated heterocycles. The van der Waals surface area contributed by atoms with Crippen molar-refractivity contribution < 1.29 is 14.4 Å². The molecule has 7 nitrogen and oxygen atoms in total. The molecule has 3 amide bonds. The fourth-order valence-corrected chi connectivity index (χ4v) is 4.66. The predicted octanol–water partition coefficient (Wildman–Crippen LogP) is 4.92. The number of halogens is 1. The summed E-state index contributed by atoms with van der Waals surface area (Å²) in [7, 11) is 1.78. The minimum Gasteiger partial charge on any atom is -0.369 e. The van der Waals surface area contributed by atoms with Gasteiger partial charge in [0.2, 0.25) is 5.91 Å². The van der Waals surface area contributed by atoms with Crippen LogP contribution in [0.25, 0.3) is 0 Å². The molecule has 0 unspecified atom stereocenters. The fourth-order valence-electron chi connectivity index (χ4n) is 4.54. The quantitative estimate of drug-likeness (QED) is 0.502. The molecule has 0 radical (unpaired) electrons. The van der Waals surface area contributed by atoms with Gasteiger partial charge in [-0.2, -0.15) is 0 Å². The molecule has 4 rings (SSSR count). The summed E-state index contributed by atoms with van der Waals surface area (Å²) in [5.41, 5.74) is 3.52. The number of carbonyl (C=O) groups excluding carboxylic acids is 3. The van der Waals surface area contributed by atoms with Gasteiger partial charge in [0.15, 0.2) is 0 Å². The van der Waals surface area contributed by atoms with E-state index in [2.05, 4.69) is 10.2 Å². The molecular formula is C29H31ClN4O3. The molecule has 0 bridgehead atoms. The normalized spacial score (nSPS) is 13.6. The van der Waals surface area contributed by atoms with E-state index in [0.29, 0.717) is 54.6 Å². The van der Waals surface area contributed by atoms with Crippen molar-refractivity contribution in [1.82, 2.24) is 9.80 Å². The smallest absolute Gasteiger partial charge is 0.256 e. The van der Waals surface area contributed by atoms with Gasteiger partial charge < -0.3 is 20.0 Å². The zero-order valence-electron chi connectivity index (χ0n) is 21.1. The van der Waals surface area contributed by atoms with Crippen LogP contribution in [0.4, 0.5) is 11.4 Å². The van der Waals surface area contributed by atoms with Gasteiger partial charge in [-0.15, -0.1) is 0 Å². The van der Waals surface area contributed by atoms with E-state index in [1.54, 1.807) is 42.3 Å². The molecule has 192 valence electrons. The van der Waals surface area contributed by atoms with Gasteiger partial charge in [0.05, 0.1) is 5.56 Å².